The molecule has 0 bridgehead atoms. The van der Waals surface area contributed by atoms with E-state index in [1.165, 1.54) is 27.7 Å². The van der Waals surface area contributed by atoms with E-state index < -0.39 is 54.6 Å². The minimum Gasteiger partial charge on any atom is -0.463 e. The molecule has 5 unspecified atom stereocenters. The van der Waals surface area contributed by atoms with Gasteiger partial charge in [0.1, 0.15) is 12.4 Å². The van der Waals surface area contributed by atoms with E-state index in [4.69, 9.17) is 28.4 Å². The Morgan fingerprint density at radius 2 is 1.32 bits per heavy atom. The van der Waals surface area contributed by atoms with Crippen molar-refractivity contribution in [1.82, 2.24) is 0 Å². The summed E-state index contributed by atoms with van der Waals surface area (Å²) in [6, 6.07) is 17.8. The van der Waals surface area contributed by atoms with Crippen LogP contribution in [0.5, 0.6) is 5.75 Å². The Morgan fingerprint density at radius 3 is 1.95 bits per heavy atom. The van der Waals surface area contributed by atoms with Gasteiger partial charge in [0, 0.05) is 31.5 Å². The highest BCUT2D eigenvalue weighted by atomic mass is 16.7. The highest BCUT2D eigenvalue weighted by Crippen LogP contribution is 2.40. The summed E-state index contributed by atoms with van der Waals surface area (Å²) in [6.45, 7) is 4.58. The Hall–Kier alpha value is -4.44. The second-order valence-corrected chi connectivity index (χ2v) is 9.63. The van der Waals surface area contributed by atoms with Gasteiger partial charge in [-0.1, -0.05) is 42.5 Å². The average Bonchev–Trinajstić information content (AvgIpc) is 2.89. The molecule has 10 heteroatoms. The maximum absolute atomic E-state index is 12.2. The van der Waals surface area contributed by atoms with Gasteiger partial charge in [-0.3, -0.25) is 14.4 Å². The number of hydrogen-bond acceptors (Lipinski definition) is 9. The number of esters is 4. The Morgan fingerprint density at radius 1 is 0.725 bits per heavy atom. The molecule has 1 aliphatic rings. The van der Waals surface area contributed by atoms with E-state index >= 15 is 0 Å². The second kappa shape index (κ2) is 11.0. The largest absolute Gasteiger partial charge is 0.479 e. The number of ether oxygens (including phenoxy) is 6. The topological polar surface area (TPSA) is 128 Å². The van der Waals surface area contributed by atoms with Crippen LogP contribution in [-0.4, -0.2) is 66.0 Å². The van der Waals surface area contributed by atoms with Crippen molar-refractivity contribution in [3.63, 3.8) is 0 Å². The van der Waals surface area contributed by atoms with Crippen molar-refractivity contribution in [3.8, 4) is 5.75 Å². The molecule has 10 nitrogen and oxygen atoms in total. The van der Waals surface area contributed by atoms with Gasteiger partial charge < -0.3 is 33.2 Å². The Labute approximate surface area is 229 Å². The van der Waals surface area contributed by atoms with Crippen LogP contribution in [0.4, 0.5) is 0 Å². The predicted molar refractivity (Wildman–Crippen MR) is 145 cm³/mol. The third kappa shape index (κ3) is 5.35. The molecule has 0 aliphatic carbocycles. The average molecular weight is 550 g/mol. The smallest absolute Gasteiger partial charge is 0.463 e. The van der Waals surface area contributed by atoms with Crippen LogP contribution in [0, 0.1) is 0 Å². The Bertz CT molecular complexity index is 1580. The fourth-order valence-electron chi connectivity index (χ4n) is 5.23. The van der Waals surface area contributed by atoms with E-state index in [9.17, 15) is 19.2 Å². The van der Waals surface area contributed by atoms with Crippen molar-refractivity contribution < 1.29 is 47.6 Å². The number of rotatable bonds is 7. The lowest BCUT2D eigenvalue weighted by Gasteiger charge is -2.41. The highest BCUT2D eigenvalue weighted by molar-refractivity contribution is 6.24. The number of benzene rings is 4. The molecule has 0 saturated carbocycles. The zero-order chi connectivity index (χ0) is 28.6. The summed E-state index contributed by atoms with van der Waals surface area (Å²) >= 11 is 0. The maximum atomic E-state index is 12.2. The maximum Gasteiger partial charge on any atom is 0.479 e. The molecule has 1 saturated heterocycles. The molecule has 1 fully saturated rings. The second-order valence-electron chi connectivity index (χ2n) is 9.63. The normalized spacial score (nSPS) is 22.6. The van der Waals surface area contributed by atoms with Gasteiger partial charge in [0.05, 0.1) is 6.92 Å². The molecule has 0 amide bonds. The van der Waals surface area contributed by atoms with Crippen molar-refractivity contribution in [1.29, 1.82) is 0 Å². The third-order valence-electron chi connectivity index (χ3n) is 6.68. The van der Waals surface area contributed by atoms with Crippen LogP contribution >= 0.6 is 0 Å². The number of carbonyl (C=O) groups excluding carboxylic acids is 4. The van der Waals surface area contributed by atoms with E-state index in [0.717, 1.165) is 32.3 Å². The Balaban J connectivity index is 1.60. The quantitative estimate of drug-likeness (QED) is 0.145. The molecule has 0 aromatic heterocycles. The molecule has 5 atom stereocenters. The lowest BCUT2D eigenvalue weighted by molar-refractivity contribution is -0.283. The molecule has 4 aromatic carbocycles. The number of hydrogen-bond donors (Lipinski definition) is 0. The lowest BCUT2D eigenvalue weighted by atomic mass is 9.94. The molecule has 40 heavy (non-hydrogen) atoms. The van der Waals surface area contributed by atoms with E-state index in [-0.39, 0.29) is 6.61 Å². The first kappa shape index (κ1) is 27.1. The van der Waals surface area contributed by atoms with Gasteiger partial charge in [-0.25, -0.2) is 0 Å². The van der Waals surface area contributed by atoms with Gasteiger partial charge >= 0.3 is 23.9 Å². The van der Waals surface area contributed by atoms with Gasteiger partial charge in [-0.2, -0.15) is 0 Å². The van der Waals surface area contributed by atoms with Gasteiger partial charge in [-0.15, -0.1) is 0 Å². The zero-order valence-corrected chi connectivity index (χ0v) is 22.4. The molecule has 4 aromatic rings. The summed E-state index contributed by atoms with van der Waals surface area (Å²) in [7, 11) is 0. The molecule has 1 heterocycles. The molecule has 208 valence electrons. The van der Waals surface area contributed by atoms with Crippen LogP contribution in [0.15, 0.2) is 54.6 Å². The molecule has 1 aliphatic heterocycles. The molecular weight excluding hydrogens is 520 g/mol. The standard InChI is InChI=1S/C30H28O10/c1-15(31)35-14-24-27(36-16(2)32)28(37-17(3)33)29(38-18(4)34)30(40-24)39-23-13-11-21-9-8-19-6-5-7-20-10-12-22(23)26(21)25(19)20/h5-13,24,27-30H,14H2,1-4H3/p+1. The summed E-state index contributed by atoms with van der Waals surface area (Å²) in [4.78, 5) is 45.8. The molecular formula is C30H29O10+. The van der Waals surface area contributed by atoms with Gasteiger partial charge in [0.2, 0.25) is 18.5 Å². The van der Waals surface area contributed by atoms with Crippen molar-refractivity contribution >= 4 is 56.2 Å². The lowest BCUT2D eigenvalue weighted by Crippen LogP contribution is -2.63. The van der Waals surface area contributed by atoms with Crippen molar-refractivity contribution in [2.75, 3.05) is 6.61 Å². The summed E-state index contributed by atoms with van der Waals surface area (Å²) in [6.07, 6.45) is -6.13. The summed E-state index contributed by atoms with van der Waals surface area (Å²) in [5, 5.41) is 6.04. The van der Waals surface area contributed by atoms with Gasteiger partial charge in [0.25, 0.3) is 6.10 Å². The fraction of sp³-hybridized carbons (Fsp3) is 0.333. The first-order valence-corrected chi connectivity index (χ1v) is 12.8. The van der Waals surface area contributed by atoms with Crippen LogP contribution in [0.25, 0.3) is 32.3 Å². The van der Waals surface area contributed by atoms with Crippen LogP contribution in [0.3, 0.4) is 0 Å². The first-order valence-electron chi connectivity index (χ1n) is 12.8. The Kier molecular flexibility index (Phi) is 7.44. The summed E-state index contributed by atoms with van der Waals surface area (Å²) in [5.41, 5.74) is 0. The third-order valence-corrected chi connectivity index (χ3v) is 6.68. The van der Waals surface area contributed by atoms with Crippen LogP contribution < -0.4 is 4.74 Å². The summed E-state index contributed by atoms with van der Waals surface area (Å²) in [5.74, 6) is -1.98. The van der Waals surface area contributed by atoms with E-state index in [1.54, 1.807) is 6.07 Å². The molecule has 0 radical (unpaired) electrons. The molecule has 5 rings (SSSR count). The van der Waals surface area contributed by atoms with E-state index in [0.29, 0.717) is 5.75 Å². The molecule has 1 N–H and O–H groups in total. The zero-order valence-electron chi connectivity index (χ0n) is 22.4. The first-order chi connectivity index (χ1) is 19.1. The summed E-state index contributed by atoms with van der Waals surface area (Å²) < 4.78 is 34.3. The van der Waals surface area contributed by atoms with Crippen LogP contribution in [0.2, 0.25) is 0 Å². The van der Waals surface area contributed by atoms with E-state index in [1.807, 2.05) is 42.5 Å². The van der Waals surface area contributed by atoms with Crippen molar-refractivity contribution in [2.24, 2.45) is 0 Å². The minimum atomic E-state index is -1.30. The van der Waals surface area contributed by atoms with Crippen molar-refractivity contribution in [2.45, 2.75) is 58.4 Å². The predicted octanol–water partition coefficient (Wildman–Crippen LogP) is 4.02. The minimum absolute atomic E-state index is 0.309. The van der Waals surface area contributed by atoms with Crippen molar-refractivity contribution in [3.05, 3.63) is 54.6 Å². The van der Waals surface area contributed by atoms with Gasteiger partial charge in [0.15, 0.2) is 6.10 Å². The SMILES string of the molecule is CC(=O)OCC1OC(Oc2ccc3ccc4cccc5ccc2c3c45)C(OC(C)=O)C(OC(C)=O)C1OC(C)=[OH+]. The van der Waals surface area contributed by atoms with E-state index in [2.05, 4.69) is 6.07 Å². The molecule has 0 spiro atoms. The highest BCUT2D eigenvalue weighted by Gasteiger charge is 2.56. The fourth-order valence-corrected chi connectivity index (χ4v) is 5.23. The van der Waals surface area contributed by atoms with Gasteiger partial charge in [-0.05, 0) is 33.7 Å². The monoisotopic (exact) mass is 549 g/mol. The van der Waals surface area contributed by atoms with Crippen LogP contribution in [0.1, 0.15) is 27.7 Å². The van der Waals surface area contributed by atoms with Crippen LogP contribution in [-0.2, 0) is 38.1 Å². The number of carbonyl (C=O) groups is 3.